The van der Waals surface area contributed by atoms with Crippen molar-refractivity contribution in [1.82, 2.24) is 9.55 Å². The molecular weight excluding hydrogens is 234 g/mol. The van der Waals surface area contributed by atoms with Crippen LogP contribution in [0.5, 0.6) is 0 Å². The van der Waals surface area contributed by atoms with E-state index in [0.717, 1.165) is 19.0 Å². The van der Waals surface area contributed by atoms with Crippen LogP contribution in [0.25, 0.3) is 11.0 Å². The Morgan fingerprint density at radius 3 is 2.50 bits per heavy atom. The van der Waals surface area contributed by atoms with Crippen LogP contribution in [0.2, 0.25) is 0 Å². The molecule has 0 aliphatic carbocycles. The van der Waals surface area contributed by atoms with Crippen LogP contribution in [-0.2, 0) is 6.54 Å². The second-order valence-corrected chi connectivity index (χ2v) is 5.39. The van der Waals surface area contributed by atoms with E-state index < -0.39 is 11.6 Å². The van der Waals surface area contributed by atoms with E-state index in [9.17, 15) is 8.78 Å². The Labute approximate surface area is 106 Å². The molecular formula is C14H18F2N2. The molecule has 0 radical (unpaired) electrons. The largest absolute Gasteiger partial charge is 0.330 e. The predicted molar refractivity (Wildman–Crippen MR) is 68.3 cm³/mol. The van der Waals surface area contributed by atoms with Gasteiger partial charge in [-0.05, 0) is 18.3 Å². The first-order valence-corrected chi connectivity index (χ1v) is 6.27. The fourth-order valence-electron chi connectivity index (χ4n) is 2.41. The fraction of sp³-hybridized carbons (Fsp3) is 0.500. The van der Waals surface area contributed by atoms with Crippen LogP contribution in [0.3, 0.4) is 0 Å². The molecule has 1 aromatic heterocycles. The topological polar surface area (TPSA) is 17.8 Å². The molecule has 2 nitrogen and oxygen atoms in total. The Bertz CT molecular complexity index is 546. The maximum absolute atomic E-state index is 13.2. The molecule has 1 unspecified atom stereocenters. The molecule has 0 spiro atoms. The summed E-state index contributed by atoms with van der Waals surface area (Å²) in [5, 5.41) is 0. The lowest BCUT2D eigenvalue weighted by atomic mass is 9.99. The van der Waals surface area contributed by atoms with Crippen molar-refractivity contribution in [3.63, 3.8) is 0 Å². The van der Waals surface area contributed by atoms with Crippen LogP contribution in [0.15, 0.2) is 18.5 Å². The molecule has 0 saturated heterocycles. The first-order valence-electron chi connectivity index (χ1n) is 6.27. The van der Waals surface area contributed by atoms with Crippen LogP contribution in [0.1, 0.15) is 27.2 Å². The SMILES string of the molecule is CC(C)CC(C)Cn1cnc2cc(F)c(F)cc21. The minimum Gasteiger partial charge on any atom is -0.330 e. The quantitative estimate of drug-likeness (QED) is 0.804. The van der Waals surface area contributed by atoms with Gasteiger partial charge in [0.15, 0.2) is 11.6 Å². The average Bonchev–Trinajstić information content (AvgIpc) is 2.61. The fourth-order valence-corrected chi connectivity index (χ4v) is 2.41. The third kappa shape index (κ3) is 2.68. The Kier molecular flexibility index (Phi) is 3.64. The lowest BCUT2D eigenvalue weighted by Gasteiger charge is -2.15. The highest BCUT2D eigenvalue weighted by atomic mass is 19.2. The molecule has 18 heavy (non-hydrogen) atoms. The normalized spacial score (nSPS) is 13.4. The maximum atomic E-state index is 13.2. The van der Waals surface area contributed by atoms with Gasteiger partial charge < -0.3 is 4.57 Å². The summed E-state index contributed by atoms with van der Waals surface area (Å²) in [6.07, 6.45) is 2.75. The van der Waals surface area contributed by atoms with E-state index in [1.165, 1.54) is 6.07 Å². The zero-order valence-corrected chi connectivity index (χ0v) is 11.0. The lowest BCUT2D eigenvalue weighted by Crippen LogP contribution is -2.09. The number of fused-ring (bicyclic) bond motifs is 1. The molecule has 0 amide bonds. The van der Waals surface area contributed by atoms with Crippen molar-refractivity contribution < 1.29 is 8.78 Å². The van der Waals surface area contributed by atoms with Crippen molar-refractivity contribution in [3.8, 4) is 0 Å². The van der Waals surface area contributed by atoms with Crippen molar-refractivity contribution >= 4 is 11.0 Å². The van der Waals surface area contributed by atoms with E-state index >= 15 is 0 Å². The second-order valence-electron chi connectivity index (χ2n) is 5.39. The van der Waals surface area contributed by atoms with E-state index in [1.54, 1.807) is 6.33 Å². The molecule has 1 aromatic carbocycles. The molecule has 0 fully saturated rings. The Balaban J connectivity index is 2.26. The molecule has 4 heteroatoms. The molecule has 2 rings (SSSR count). The summed E-state index contributed by atoms with van der Waals surface area (Å²) < 4.78 is 28.2. The van der Waals surface area contributed by atoms with Crippen LogP contribution in [0, 0.1) is 23.5 Å². The standard InChI is InChI=1S/C14H18F2N2/c1-9(2)4-10(3)7-18-8-17-13-5-11(15)12(16)6-14(13)18/h5-6,8-10H,4,7H2,1-3H3. The minimum absolute atomic E-state index is 0.482. The Hall–Kier alpha value is -1.45. The Morgan fingerprint density at radius 2 is 1.83 bits per heavy atom. The van der Waals surface area contributed by atoms with Gasteiger partial charge in [-0.3, -0.25) is 0 Å². The monoisotopic (exact) mass is 252 g/mol. The van der Waals surface area contributed by atoms with Gasteiger partial charge in [-0.1, -0.05) is 20.8 Å². The first-order chi connectivity index (χ1) is 8.47. The van der Waals surface area contributed by atoms with E-state index in [4.69, 9.17) is 0 Å². The number of hydrogen-bond acceptors (Lipinski definition) is 1. The number of benzene rings is 1. The van der Waals surface area contributed by atoms with Gasteiger partial charge in [0.05, 0.1) is 17.4 Å². The van der Waals surface area contributed by atoms with Gasteiger partial charge >= 0.3 is 0 Å². The minimum atomic E-state index is -0.844. The molecule has 1 heterocycles. The second kappa shape index (κ2) is 5.04. The molecule has 0 bridgehead atoms. The van der Waals surface area contributed by atoms with Crippen molar-refractivity contribution in [2.45, 2.75) is 33.7 Å². The number of imidazole rings is 1. The summed E-state index contributed by atoms with van der Waals surface area (Å²) in [7, 11) is 0. The summed E-state index contributed by atoms with van der Waals surface area (Å²) in [5.74, 6) is -0.553. The van der Waals surface area contributed by atoms with E-state index in [-0.39, 0.29) is 0 Å². The molecule has 0 saturated carbocycles. The number of hydrogen-bond donors (Lipinski definition) is 0. The number of aromatic nitrogens is 2. The van der Waals surface area contributed by atoms with Gasteiger partial charge in [-0.25, -0.2) is 13.8 Å². The number of nitrogens with zero attached hydrogens (tertiary/aromatic N) is 2. The Morgan fingerprint density at radius 1 is 1.17 bits per heavy atom. The third-order valence-corrected chi connectivity index (χ3v) is 3.05. The molecule has 2 aromatic rings. The molecule has 0 aliphatic heterocycles. The smallest absolute Gasteiger partial charge is 0.161 e. The third-order valence-electron chi connectivity index (χ3n) is 3.05. The summed E-state index contributed by atoms with van der Waals surface area (Å²) in [6.45, 7) is 7.29. The van der Waals surface area contributed by atoms with Crippen molar-refractivity contribution in [3.05, 3.63) is 30.1 Å². The maximum Gasteiger partial charge on any atom is 0.161 e. The summed E-state index contributed by atoms with van der Waals surface area (Å²) in [4.78, 5) is 4.11. The zero-order valence-electron chi connectivity index (χ0n) is 11.0. The zero-order chi connectivity index (χ0) is 13.3. The van der Waals surface area contributed by atoms with E-state index in [0.29, 0.717) is 22.9 Å². The van der Waals surface area contributed by atoms with Crippen molar-refractivity contribution in [1.29, 1.82) is 0 Å². The van der Waals surface area contributed by atoms with Gasteiger partial charge in [0.1, 0.15) is 0 Å². The van der Waals surface area contributed by atoms with Gasteiger partial charge in [0.25, 0.3) is 0 Å². The first kappa shape index (κ1) is 13.0. The van der Waals surface area contributed by atoms with E-state index in [2.05, 4.69) is 25.8 Å². The highest BCUT2D eigenvalue weighted by Gasteiger charge is 2.11. The van der Waals surface area contributed by atoms with Crippen LogP contribution in [-0.4, -0.2) is 9.55 Å². The molecule has 0 N–H and O–H groups in total. The summed E-state index contributed by atoms with van der Waals surface area (Å²) in [6, 6.07) is 2.37. The predicted octanol–water partition coefficient (Wildman–Crippen LogP) is 4.00. The van der Waals surface area contributed by atoms with Gasteiger partial charge in [0.2, 0.25) is 0 Å². The van der Waals surface area contributed by atoms with Crippen LogP contribution in [0.4, 0.5) is 8.78 Å². The van der Waals surface area contributed by atoms with Crippen molar-refractivity contribution in [2.24, 2.45) is 11.8 Å². The summed E-state index contributed by atoms with van der Waals surface area (Å²) >= 11 is 0. The number of rotatable bonds is 4. The van der Waals surface area contributed by atoms with E-state index in [1.807, 2.05) is 4.57 Å². The van der Waals surface area contributed by atoms with Gasteiger partial charge in [-0.2, -0.15) is 0 Å². The number of halogens is 2. The highest BCUT2D eigenvalue weighted by molar-refractivity contribution is 5.75. The molecule has 1 atom stereocenters. The summed E-state index contributed by atoms with van der Waals surface area (Å²) in [5.41, 5.74) is 1.16. The van der Waals surface area contributed by atoms with Crippen molar-refractivity contribution in [2.75, 3.05) is 0 Å². The highest BCUT2D eigenvalue weighted by Crippen LogP contribution is 2.20. The molecule has 98 valence electrons. The van der Waals surface area contributed by atoms with Gasteiger partial charge in [-0.15, -0.1) is 0 Å². The lowest BCUT2D eigenvalue weighted by molar-refractivity contribution is 0.393. The van der Waals surface area contributed by atoms with Crippen LogP contribution >= 0.6 is 0 Å². The van der Waals surface area contributed by atoms with Crippen LogP contribution < -0.4 is 0 Å². The average molecular weight is 252 g/mol. The van der Waals surface area contributed by atoms with Gasteiger partial charge in [0, 0.05) is 18.7 Å². The molecule has 0 aliphatic rings.